The van der Waals surface area contributed by atoms with Crippen LogP contribution < -0.4 is 16.3 Å². The molecule has 1 heterocycles. The lowest BCUT2D eigenvalue weighted by molar-refractivity contribution is -0.121. The molecule has 0 radical (unpaired) electrons. The molecule has 0 aliphatic carbocycles. The summed E-state index contributed by atoms with van der Waals surface area (Å²) in [5.41, 5.74) is 2.83. The third-order valence-corrected chi connectivity index (χ3v) is 3.92. The maximum absolute atomic E-state index is 12.8. The van der Waals surface area contributed by atoms with E-state index in [1.807, 2.05) is 0 Å². The highest BCUT2D eigenvalue weighted by Crippen LogP contribution is 2.15. The lowest BCUT2D eigenvalue weighted by Crippen LogP contribution is -2.38. The van der Waals surface area contributed by atoms with Crippen molar-refractivity contribution in [1.29, 1.82) is 0 Å². The predicted molar refractivity (Wildman–Crippen MR) is 95.1 cm³/mol. The number of rotatable bonds is 6. The zero-order chi connectivity index (χ0) is 17.8. The number of carbonyl (C=O) groups excluding carboxylic acids is 1. The van der Waals surface area contributed by atoms with Crippen molar-refractivity contribution in [3.05, 3.63) is 64.3 Å². The van der Waals surface area contributed by atoms with Gasteiger partial charge in [-0.2, -0.15) is 0 Å². The minimum Gasteiger partial charge on any atom is -0.374 e. The molecule has 4 N–H and O–H groups in total. The molecular formula is C18H19FN4O2. The van der Waals surface area contributed by atoms with Gasteiger partial charge in [0.1, 0.15) is 11.9 Å². The van der Waals surface area contributed by atoms with Crippen molar-refractivity contribution in [2.75, 3.05) is 11.9 Å². The molecule has 3 rings (SSSR count). The molecule has 0 aliphatic heterocycles. The topological polar surface area (TPSA) is 89.8 Å². The third kappa shape index (κ3) is 4.26. The Kier molecular flexibility index (Phi) is 4.83. The summed E-state index contributed by atoms with van der Waals surface area (Å²) in [5, 5.41) is 5.95. The maximum atomic E-state index is 12.8. The standard InChI is InChI=1S/C18H19FN4O2/c1-11(17(24)20-9-8-12-2-4-13(19)5-3-12)21-14-6-7-15-16(10-14)23-18(25)22-15/h2-7,10-11,21H,8-9H2,1H3,(H,20,24)(H2,22,23,25). The number of H-pyrrole nitrogens is 2. The average molecular weight is 342 g/mol. The number of carbonyl (C=O) groups is 1. The van der Waals surface area contributed by atoms with Gasteiger partial charge in [-0.1, -0.05) is 12.1 Å². The van der Waals surface area contributed by atoms with Gasteiger partial charge in [0.25, 0.3) is 0 Å². The molecule has 1 atom stereocenters. The fraction of sp³-hybridized carbons (Fsp3) is 0.222. The van der Waals surface area contributed by atoms with Gasteiger partial charge in [0.15, 0.2) is 0 Å². The van der Waals surface area contributed by atoms with E-state index in [1.54, 1.807) is 37.3 Å². The summed E-state index contributed by atoms with van der Waals surface area (Å²) in [6, 6.07) is 11.1. The molecule has 0 bridgehead atoms. The Hall–Kier alpha value is -3.09. The second-order valence-corrected chi connectivity index (χ2v) is 5.87. The summed E-state index contributed by atoms with van der Waals surface area (Å²) in [5.74, 6) is -0.406. The Balaban J connectivity index is 1.52. The van der Waals surface area contributed by atoms with Crippen molar-refractivity contribution in [2.24, 2.45) is 0 Å². The number of aromatic nitrogens is 2. The van der Waals surface area contributed by atoms with Crippen LogP contribution >= 0.6 is 0 Å². The first-order valence-electron chi connectivity index (χ1n) is 8.02. The molecule has 7 heteroatoms. The predicted octanol–water partition coefficient (Wildman–Crippen LogP) is 2.15. The van der Waals surface area contributed by atoms with Crippen LogP contribution in [0.3, 0.4) is 0 Å². The van der Waals surface area contributed by atoms with E-state index in [1.165, 1.54) is 12.1 Å². The van der Waals surface area contributed by atoms with Crippen LogP contribution in [0.15, 0.2) is 47.3 Å². The van der Waals surface area contributed by atoms with E-state index in [-0.39, 0.29) is 17.4 Å². The number of fused-ring (bicyclic) bond motifs is 1. The fourth-order valence-electron chi connectivity index (χ4n) is 2.57. The van der Waals surface area contributed by atoms with Crippen LogP contribution in [0, 0.1) is 5.82 Å². The van der Waals surface area contributed by atoms with Crippen LogP contribution in [0.4, 0.5) is 10.1 Å². The van der Waals surface area contributed by atoms with E-state index in [4.69, 9.17) is 0 Å². The van der Waals surface area contributed by atoms with E-state index < -0.39 is 6.04 Å². The Labute approximate surface area is 143 Å². The quantitative estimate of drug-likeness (QED) is 0.553. The van der Waals surface area contributed by atoms with E-state index in [2.05, 4.69) is 20.6 Å². The number of benzene rings is 2. The van der Waals surface area contributed by atoms with E-state index in [9.17, 15) is 14.0 Å². The summed E-state index contributed by atoms with van der Waals surface area (Å²) in [6.45, 7) is 2.23. The van der Waals surface area contributed by atoms with E-state index in [0.29, 0.717) is 24.0 Å². The summed E-state index contributed by atoms with van der Waals surface area (Å²) in [6.07, 6.45) is 0.634. The minimum absolute atomic E-state index is 0.134. The van der Waals surface area contributed by atoms with Gasteiger partial charge >= 0.3 is 5.69 Å². The minimum atomic E-state index is -0.434. The number of imidazole rings is 1. The number of anilines is 1. The zero-order valence-corrected chi connectivity index (χ0v) is 13.7. The van der Waals surface area contributed by atoms with Gasteiger partial charge in [-0.25, -0.2) is 9.18 Å². The van der Waals surface area contributed by atoms with Crippen LogP contribution in [0.2, 0.25) is 0 Å². The van der Waals surface area contributed by atoms with Crippen molar-refractivity contribution in [3.63, 3.8) is 0 Å². The normalized spacial score (nSPS) is 12.1. The summed E-state index contributed by atoms with van der Waals surface area (Å²) < 4.78 is 12.8. The van der Waals surface area contributed by atoms with Crippen LogP contribution in [-0.4, -0.2) is 28.5 Å². The van der Waals surface area contributed by atoms with E-state index >= 15 is 0 Å². The van der Waals surface area contributed by atoms with Crippen LogP contribution in [0.25, 0.3) is 11.0 Å². The van der Waals surface area contributed by atoms with Crippen molar-refractivity contribution >= 4 is 22.6 Å². The number of amides is 1. The monoisotopic (exact) mass is 342 g/mol. The largest absolute Gasteiger partial charge is 0.374 e. The second kappa shape index (κ2) is 7.21. The highest BCUT2D eigenvalue weighted by atomic mass is 19.1. The fourth-order valence-corrected chi connectivity index (χ4v) is 2.57. The molecule has 0 spiro atoms. The number of hydrogen-bond donors (Lipinski definition) is 4. The number of nitrogens with one attached hydrogen (secondary N) is 4. The zero-order valence-electron chi connectivity index (χ0n) is 13.7. The van der Waals surface area contributed by atoms with Crippen molar-refractivity contribution in [3.8, 4) is 0 Å². The number of halogens is 1. The summed E-state index contributed by atoms with van der Waals surface area (Å²) in [4.78, 5) is 28.8. The first-order chi connectivity index (χ1) is 12.0. The Bertz CT molecular complexity index is 930. The first kappa shape index (κ1) is 16.8. The molecule has 0 fully saturated rings. The highest BCUT2D eigenvalue weighted by Gasteiger charge is 2.12. The average Bonchev–Trinajstić information content (AvgIpc) is 2.95. The number of aromatic amines is 2. The Morgan fingerprint density at radius 2 is 1.84 bits per heavy atom. The van der Waals surface area contributed by atoms with Crippen LogP contribution in [-0.2, 0) is 11.2 Å². The maximum Gasteiger partial charge on any atom is 0.323 e. The van der Waals surface area contributed by atoms with Gasteiger partial charge in [0.2, 0.25) is 5.91 Å². The van der Waals surface area contributed by atoms with Crippen molar-refractivity contribution < 1.29 is 9.18 Å². The van der Waals surface area contributed by atoms with E-state index in [0.717, 1.165) is 11.3 Å². The van der Waals surface area contributed by atoms with Crippen LogP contribution in [0.5, 0.6) is 0 Å². The lowest BCUT2D eigenvalue weighted by Gasteiger charge is -2.15. The highest BCUT2D eigenvalue weighted by molar-refractivity contribution is 5.85. The van der Waals surface area contributed by atoms with Crippen molar-refractivity contribution in [1.82, 2.24) is 15.3 Å². The van der Waals surface area contributed by atoms with Gasteiger partial charge in [-0.05, 0) is 49.2 Å². The van der Waals surface area contributed by atoms with Gasteiger partial charge in [-0.3, -0.25) is 4.79 Å². The molecular weight excluding hydrogens is 323 g/mol. The molecule has 1 amide bonds. The van der Waals surface area contributed by atoms with Crippen molar-refractivity contribution in [2.45, 2.75) is 19.4 Å². The third-order valence-electron chi connectivity index (χ3n) is 3.92. The van der Waals surface area contributed by atoms with Crippen LogP contribution in [0.1, 0.15) is 12.5 Å². The molecule has 3 aromatic rings. The van der Waals surface area contributed by atoms with Gasteiger partial charge in [0, 0.05) is 12.2 Å². The molecule has 130 valence electrons. The lowest BCUT2D eigenvalue weighted by atomic mass is 10.1. The molecule has 2 aromatic carbocycles. The molecule has 1 aromatic heterocycles. The van der Waals surface area contributed by atoms with Gasteiger partial charge < -0.3 is 20.6 Å². The van der Waals surface area contributed by atoms with Gasteiger partial charge in [-0.15, -0.1) is 0 Å². The summed E-state index contributed by atoms with van der Waals surface area (Å²) >= 11 is 0. The Morgan fingerprint density at radius 1 is 1.12 bits per heavy atom. The molecule has 1 unspecified atom stereocenters. The Morgan fingerprint density at radius 3 is 2.60 bits per heavy atom. The smallest absolute Gasteiger partial charge is 0.323 e. The molecule has 0 saturated carbocycles. The number of hydrogen-bond acceptors (Lipinski definition) is 3. The molecule has 0 saturated heterocycles. The SMILES string of the molecule is CC(Nc1ccc2[nH]c(=O)[nH]c2c1)C(=O)NCCc1ccc(F)cc1. The van der Waals surface area contributed by atoms with Gasteiger partial charge in [0.05, 0.1) is 11.0 Å². The first-order valence-corrected chi connectivity index (χ1v) is 8.02. The molecule has 0 aliphatic rings. The summed E-state index contributed by atoms with van der Waals surface area (Å²) in [7, 11) is 0. The molecule has 6 nitrogen and oxygen atoms in total. The molecule has 25 heavy (non-hydrogen) atoms. The second-order valence-electron chi connectivity index (χ2n) is 5.87.